The lowest BCUT2D eigenvalue weighted by molar-refractivity contribution is 0.102. The second-order valence-corrected chi connectivity index (χ2v) is 4.03. The molecule has 0 aliphatic carbocycles. The van der Waals surface area contributed by atoms with Crippen LogP contribution in [0.2, 0.25) is 0 Å². The van der Waals surface area contributed by atoms with Gasteiger partial charge in [-0.2, -0.15) is 0 Å². The van der Waals surface area contributed by atoms with Crippen LogP contribution in [0.25, 0.3) is 0 Å². The van der Waals surface area contributed by atoms with Crippen molar-refractivity contribution in [3.63, 3.8) is 0 Å². The molecular weight excluding hydrogens is 188 g/mol. The topological polar surface area (TPSA) is 44.3 Å². The molecule has 0 bridgehead atoms. The lowest BCUT2D eigenvalue weighted by atomic mass is 10.0. The lowest BCUT2D eigenvalue weighted by Crippen LogP contribution is -2.50. The smallest absolute Gasteiger partial charge is 0.0817 e. The SMILES string of the molecule is OC1CNCCC1NCc1ccccc1. The molecular formula is C12H18N2O. The van der Waals surface area contributed by atoms with E-state index in [1.165, 1.54) is 5.56 Å². The average Bonchev–Trinajstić information content (AvgIpc) is 2.29. The normalized spacial score (nSPS) is 26.5. The zero-order valence-corrected chi connectivity index (χ0v) is 8.82. The molecule has 0 spiro atoms. The Hall–Kier alpha value is -0.900. The molecule has 3 N–H and O–H groups in total. The van der Waals surface area contributed by atoms with E-state index in [-0.39, 0.29) is 12.1 Å². The third-order valence-electron chi connectivity index (χ3n) is 2.86. The molecule has 1 aromatic rings. The zero-order valence-electron chi connectivity index (χ0n) is 8.82. The summed E-state index contributed by atoms with van der Waals surface area (Å²) in [5.74, 6) is 0. The quantitative estimate of drug-likeness (QED) is 0.675. The van der Waals surface area contributed by atoms with Gasteiger partial charge in [-0.3, -0.25) is 0 Å². The van der Waals surface area contributed by atoms with Gasteiger partial charge in [-0.15, -0.1) is 0 Å². The molecule has 3 nitrogen and oxygen atoms in total. The van der Waals surface area contributed by atoms with Crippen molar-refractivity contribution in [2.75, 3.05) is 13.1 Å². The van der Waals surface area contributed by atoms with Crippen LogP contribution in [0.3, 0.4) is 0 Å². The summed E-state index contributed by atoms with van der Waals surface area (Å²) >= 11 is 0. The standard InChI is InChI=1S/C12H18N2O/c15-12-9-13-7-6-11(12)14-8-10-4-2-1-3-5-10/h1-5,11-15H,6-9H2. The number of aliphatic hydroxyl groups excluding tert-OH is 1. The van der Waals surface area contributed by atoms with Crippen LogP contribution in [0.4, 0.5) is 0 Å². The minimum absolute atomic E-state index is 0.228. The Morgan fingerprint density at radius 3 is 2.87 bits per heavy atom. The van der Waals surface area contributed by atoms with Crippen molar-refractivity contribution in [1.82, 2.24) is 10.6 Å². The molecule has 0 saturated carbocycles. The first-order chi connectivity index (χ1) is 7.36. The largest absolute Gasteiger partial charge is 0.390 e. The fourth-order valence-corrected chi connectivity index (χ4v) is 1.93. The maximum absolute atomic E-state index is 9.72. The molecule has 1 fully saturated rings. The minimum atomic E-state index is -0.262. The number of benzene rings is 1. The fourth-order valence-electron chi connectivity index (χ4n) is 1.93. The highest BCUT2D eigenvalue weighted by Gasteiger charge is 2.21. The summed E-state index contributed by atoms with van der Waals surface area (Å²) in [5.41, 5.74) is 1.27. The number of aliphatic hydroxyl groups is 1. The number of piperidine rings is 1. The summed E-state index contributed by atoms with van der Waals surface area (Å²) in [4.78, 5) is 0. The van der Waals surface area contributed by atoms with E-state index in [4.69, 9.17) is 0 Å². The Balaban J connectivity index is 1.82. The van der Waals surface area contributed by atoms with E-state index < -0.39 is 0 Å². The van der Waals surface area contributed by atoms with Crippen LogP contribution >= 0.6 is 0 Å². The molecule has 1 aliphatic rings. The summed E-state index contributed by atoms with van der Waals surface area (Å²) in [6, 6.07) is 10.5. The van der Waals surface area contributed by atoms with Gasteiger partial charge in [0, 0.05) is 19.1 Å². The molecule has 1 aliphatic heterocycles. The second kappa shape index (κ2) is 5.26. The number of nitrogens with one attached hydrogen (secondary N) is 2. The van der Waals surface area contributed by atoms with Crippen molar-refractivity contribution in [1.29, 1.82) is 0 Å². The van der Waals surface area contributed by atoms with Crippen molar-refractivity contribution in [3.8, 4) is 0 Å². The van der Waals surface area contributed by atoms with E-state index in [1.807, 2.05) is 18.2 Å². The van der Waals surface area contributed by atoms with Crippen LogP contribution in [-0.4, -0.2) is 30.3 Å². The van der Waals surface area contributed by atoms with Crippen molar-refractivity contribution in [2.45, 2.75) is 25.1 Å². The zero-order chi connectivity index (χ0) is 10.5. The third kappa shape index (κ3) is 3.02. The summed E-state index contributed by atoms with van der Waals surface area (Å²) in [6.07, 6.45) is 0.732. The van der Waals surface area contributed by atoms with Gasteiger partial charge in [-0.1, -0.05) is 30.3 Å². The van der Waals surface area contributed by atoms with Gasteiger partial charge in [0.1, 0.15) is 0 Å². The van der Waals surface area contributed by atoms with E-state index in [2.05, 4.69) is 22.8 Å². The van der Waals surface area contributed by atoms with Crippen LogP contribution in [0.15, 0.2) is 30.3 Å². The van der Waals surface area contributed by atoms with Crippen molar-refractivity contribution in [3.05, 3.63) is 35.9 Å². The van der Waals surface area contributed by atoms with Crippen LogP contribution in [0.5, 0.6) is 0 Å². The summed E-state index contributed by atoms with van der Waals surface area (Å²) < 4.78 is 0. The fraction of sp³-hybridized carbons (Fsp3) is 0.500. The van der Waals surface area contributed by atoms with E-state index in [9.17, 15) is 5.11 Å². The Kier molecular flexibility index (Phi) is 3.72. The van der Waals surface area contributed by atoms with Gasteiger partial charge in [0.2, 0.25) is 0 Å². The first-order valence-corrected chi connectivity index (χ1v) is 5.52. The maximum atomic E-state index is 9.72. The first kappa shape index (κ1) is 10.6. The maximum Gasteiger partial charge on any atom is 0.0817 e. The average molecular weight is 206 g/mol. The molecule has 2 unspecified atom stereocenters. The predicted octanol–water partition coefficient (Wildman–Crippen LogP) is 0.499. The molecule has 2 atom stereocenters. The highest BCUT2D eigenvalue weighted by atomic mass is 16.3. The second-order valence-electron chi connectivity index (χ2n) is 4.03. The van der Waals surface area contributed by atoms with Gasteiger partial charge < -0.3 is 15.7 Å². The monoisotopic (exact) mass is 206 g/mol. The Morgan fingerprint density at radius 2 is 2.13 bits per heavy atom. The number of hydrogen-bond acceptors (Lipinski definition) is 3. The van der Waals surface area contributed by atoms with Crippen LogP contribution in [0.1, 0.15) is 12.0 Å². The van der Waals surface area contributed by atoms with Crippen molar-refractivity contribution in [2.24, 2.45) is 0 Å². The molecule has 3 heteroatoms. The van der Waals surface area contributed by atoms with Gasteiger partial charge in [0.15, 0.2) is 0 Å². The molecule has 1 saturated heterocycles. The minimum Gasteiger partial charge on any atom is -0.390 e. The number of β-amino-alcohol motifs (C(OH)–C–C–N with tert-alkyl or cyclic N) is 1. The molecule has 82 valence electrons. The van der Waals surface area contributed by atoms with Crippen LogP contribution in [0, 0.1) is 0 Å². The number of hydrogen-bond donors (Lipinski definition) is 3. The first-order valence-electron chi connectivity index (χ1n) is 5.52. The molecule has 0 radical (unpaired) electrons. The predicted molar refractivity (Wildman–Crippen MR) is 60.6 cm³/mol. The van der Waals surface area contributed by atoms with Crippen LogP contribution < -0.4 is 10.6 Å². The molecule has 1 heterocycles. The molecule has 2 rings (SSSR count). The molecule has 0 aromatic heterocycles. The summed E-state index contributed by atoms with van der Waals surface area (Å²) in [5, 5.41) is 16.3. The van der Waals surface area contributed by atoms with Crippen LogP contribution in [-0.2, 0) is 6.54 Å². The lowest BCUT2D eigenvalue weighted by Gasteiger charge is -2.29. The molecule has 0 amide bonds. The van der Waals surface area contributed by atoms with Gasteiger partial charge in [-0.25, -0.2) is 0 Å². The number of rotatable bonds is 3. The van der Waals surface area contributed by atoms with E-state index >= 15 is 0 Å². The molecule has 15 heavy (non-hydrogen) atoms. The Morgan fingerprint density at radius 1 is 1.33 bits per heavy atom. The summed E-state index contributed by atoms with van der Waals surface area (Å²) in [7, 11) is 0. The highest BCUT2D eigenvalue weighted by Crippen LogP contribution is 2.05. The van der Waals surface area contributed by atoms with Gasteiger partial charge in [-0.05, 0) is 18.5 Å². The van der Waals surface area contributed by atoms with E-state index in [0.29, 0.717) is 6.54 Å². The molecule has 1 aromatic carbocycles. The summed E-state index contributed by atoms with van der Waals surface area (Å²) in [6.45, 7) is 2.53. The van der Waals surface area contributed by atoms with Gasteiger partial charge in [0.25, 0.3) is 0 Å². The third-order valence-corrected chi connectivity index (χ3v) is 2.86. The van der Waals surface area contributed by atoms with Gasteiger partial charge in [0.05, 0.1) is 6.10 Å². The Labute approximate surface area is 90.5 Å². The Bertz CT molecular complexity index is 289. The highest BCUT2D eigenvalue weighted by molar-refractivity contribution is 5.14. The van der Waals surface area contributed by atoms with Crippen molar-refractivity contribution >= 4 is 0 Å². The van der Waals surface area contributed by atoms with Crippen molar-refractivity contribution < 1.29 is 5.11 Å². The van der Waals surface area contributed by atoms with E-state index in [0.717, 1.165) is 19.5 Å². The van der Waals surface area contributed by atoms with Gasteiger partial charge >= 0.3 is 0 Å². The van der Waals surface area contributed by atoms with E-state index in [1.54, 1.807) is 0 Å².